The lowest BCUT2D eigenvalue weighted by molar-refractivity contribution is 0.190. The predicted molar refractivity (Wildman–Crippen MR) is 143 cm³/mol. The van der Waals surface area contributed by atoms with Gasteiger partial charge in [-0.25, -0.2) is 8.42 Å². The molecule has 2 heterocycles. The molecule has 186 valence electrons. The summed E-state index contributed by atoms with van der Waals surface area (Å²) < 4.78 is 32.1. The van der Waals surface area contributed by atoms with Crippen LogP contribution in [-0.4, -0.2) is 32.0 Å². The Labute approximate surface area is 213 Å². The van der Waals surface area contributed by atoms with E-state index in [4.69, 9.17) is 4.74 Å². The number of benzene rings is 3. The van der Waals surface area contributed by atoms with Gasteiger partial charge in [-0.3, -0.25) is 4.90 Å². The molecule has 1 N–H and O–H groups in total. The van der Waals surface area contributed by atoms with Gasteiger partial charge in [-0.05, 0) is 67.4 Å². The van der Waals surface area contributed by atoms with Crippen molar-refractivity contribution in [1.82, 2.24) is 9.88 Å². The number of hydrogen-bond donors (Lipinski definition) is 1. The van der Waals surface area contributed by atoms with Gasteiger partial charge in [-0.1, -0.05) is 61.4 Å². The molecule has 1 fully saturated rings. The van der Waals surface area contributed by atoms with Crippen LogP contribution in [0, 0.1) is 0 Å². The summed E-state index contributed by atoms with van der Waals surface area (Å²) >= 11 is 0. The molecule has 0 amide bonds. The minimum Gasteiger partial charge on any atom is -0.496 e. The molecule has 6 heteroatoms. The Morgan fingerprint density at radius 2 is 1.61 bits per heavy atom. The Morgan fingerprint density at radius 1 is 0.861 bits per heavy atom. The number of likely N-dealkylation sites (tertiary alicyclic amines) is 1. The Balaban J connectivity index is 1.44. The third kappa shape index (κ3) is 5.11. The third-order valence-corrected chi connectivity index (χ3v) is 8.76. The molecule has 0 spiro atoms. The lowest BCUT2D eigenvalue weighted by Gasteiger charge is -2.30. The van der Waals surface area contributed by atoms with Crippen LogP contribution in [0.4, 0.5) is 0 Å². The van der Waals surface area contributed by atoms with Crippen LogP contribution in [0.3, 0.4) is 0 Å². The summed E-state index contributed by atoms with van der Waals surface area (Å²) in [6.07, 6.45) is 4.86. The van der Waals surface area contributed by atoms with Crippen molar-refractivity contribution >= 4 is 9.84 Å². The normalized spacial score (nSPS) is 17.0. The molecule has 1 aliphatic rings. The first-order valence-electron chi connectivity index (χ1n) is 12.5. The monoisotopic (exact) mass is 500 g/mol. The number of aromatic nitrogens is 1. The van der Waals surface area contributed by atoms with Crippen LogP contribution in [0.1, 0.15) is 43.0 Å². The molecule has 1 atom stereocenters. The van der Waals surface area contributed by atoms with E-state index in [0.29, 0.717) is 11.8 Å². The second-order valence-electron chi connectivity index (χ2n) is 9.32. The van der Waals surface area contributed by atoms with Crippen LogP contribution >= 0.6 is 0 Å². The van der Waals surface area contributed by atoms with Gasteiger partial charge in [-0.15, -0.1) is 0 Å². The van der Waals surface area contributed by atoms with Crippen LogP contribution < -0.4 is 4.74 Å². The number of H-pyrrole nitrogens is 1. The molecular weight excluding hydrogens is 468 g/mol. The van der Waals surface area contributed by atoms with Crippen molar-refractivity contribution in [2.45, 2.75) is 48.1 Å². The topological polar surface area (TPSA) is 62.4 Å². The van der Waals surface area contributed by atoms with Crippen molar-refractivity contribution in [3.8, 4) is 17.0 Å². The van der Waals surface area contributed by atoms with E-state index in [9.17, 15) is 8.42 Å². The average Bonchev–Trinajstić information content (AvgIpc) is 3.26. The van der Waals surface area contributed by atoms with Crippen LogP contribution in [0.2, 0.25) is 0 Å². The fraction of sp³-hybridized carbons (Fsp3) is 0.267. The molecule has 0 aliphatic carbocycles. The number of aromatic amines is 1. The highest BCUT2D eigenvalue weighted by atomic mass is 32.2. The standard InChI is InChI=1S/C30H32N2O3S/c1-35-30-19-17-26(36(33,34)25-13-7-3-8-14-25)21-27(30)28-18-16-24(31-28)22-32-20-10-4-9-15-29(32)23-11-5-2-6-12-23/h2-3,5-8,11-14,16-19,21,29,31H,4,9-10,15,20,22H2,1H3/t29-/m1/s1. The summed E-state index contributed by atoms with van der Waals surface area (Å²) in [7, 11) is -2.02. The van der Waals surface area contributed by atoms with Gasteiger partial charge < -0.3 is 9.72 Å². The highest BCUT2D eigenvalue weighted by Gasteiger charge is 2.24. The lowest BCUT2D eigenvalue weighted by atomic mass is 10.0. The average molecular weight is 501 g/mol. The molecule has 5 nitrogen and oxygen atoms in total. The number of nitrogens with zero attached hydrogens (tertiary/aromatic N) is 1. The van der Waals surface area contributed by atoms with Crippen molar-refractivity contribution in [3.63, 3.8) is 0 Å². The summed E-state index contributed by atoms with van der Waals surface area (Å²) in [4.78, 5) is 6.63. The first-order valence-corrected chi connectivity index (χ1v) is 14.0. The Hall–Kier alpha value is -3.35. The van der Waals surface area contributed by atoms with Gasteiger partial charge >= 0.3 is 0 Å². The molecular formula is C30H32N2O3S. The third-order valence-electron chi connectivity index (χ3n) is 6.99. The van der Waals surface area contributed by atoms with Crippen LogP contribution in [0.25, 0.3) is 11.3 Å². The molecule has 36 heavy (non-hydrogen) atoms. The molecule has 1 saturated heterocycles. The first kappa shape index (κ1) is 24.3. The molecule has 5 rings (SSSR count). The van der Waals surface area contributed by atoms with Crippen LogP contribution in [0.5, 0.6) is 5.75 Å². The maximum Gasteiger partial charge on any atom is 0.206 e. The van der Waals surface area contributed by atoms with Crippen molar-refractivity contribution < 1.29 is 13.2 Å². The molecule has 0 radical (unpaired) electrons. The number of methoxy groups -OCH3 is 1. The number of sulfone groups is 1. The van der Waals surface area contributed by atoms with Gasteiger partial charge in [0.25, 0.3) is 0 Å². The van der Waals surface area contributed by atoms with Gasteiger partial charge in [0, 0.05) is 29.5 Å². The summed E-state index contributed by atoms with van der Waals surface area (Å²) in [6.45, 7) is 1.87. The summed E-state index contributed by atoms with van der Waals surface area (Å²) in [5.41, 5.74) is 4.05. The molecule has 0 unspecified atom stereocenters. The zero-order chi connectivity index (χ0) is 25.0. The molecule has 0 saturated carbocycles. The zero-order valence-electron chi connectivity index (χ0n) is 20.6. The van der Waals surface area contributed by atoms with Crippen molar-refractivity contribution in [2.24, 2.45) is 0 Å². The summed E-state index contributed by atoms with van der Waals surface area (Å²) in [5, 5.41) is 0. The van der Waals surface area contributed by atoms with E-state index >= 15 is 0 Å². The highest BCUT2D eigenvalue weighted by molar-refractivity contribution is 7.91. The number of hydrogen-bond acceptors (Lipinski definition) is 4. The van der Waals surface area contributed by atoms with Crippen molar-refractivity contribution in [2.75, 3.05) is 13.7 Å². The fourth-order valence-electron chi connectivity index (χ4n) is 5.12. The Morgan fingerprint density at radius 3 is 2.36 bits per heavy atom. The Kier molecular flexibility index (Phi) is 7.25. The van der Waals surface area contributed by atoms with Crippen molar-refractivity contribution in [3.05, 3.63) is 102 Å². The molecule has 0 bridgehead atoms. The minimum absolute atomic E-state index is 0.248. The summed E-state index contributed by atoms with van der Waals surface area (Å²) in [5.74, 6) is 0.632. The van der Waals surface area contributed by atoms with Crippen LogP contribution in [-0.2, 0) is 16.4 Å². The van der Waals surface area contributed by atoms with E-state index in [1.54, 1.807) is 49.6 Å². The second-order valence-corrected chi connectivity index (χ2v) is 11.3. The predicted octanol–water partition coefficient (Wildman–Crippen LogP) is 6.64. The highest BCUT2D eigenvalue weighted by Crippen LogP contribution is 2.35. The second kappa shape index (κ2) is 10.7. The van der Waals surface area contributed by atoms with E-state index in [1.807, 2.05) is 12.1 Å². The van der Waals surface area contributed by atoms with Gasteiger partial charge in [0.05, 0.1) is 16.9 Å². The number of rotatable bonds is 7. The van der Waals surface area contributed by atoms with E-state index in [2.05, 4.69) is 46.3 Å². The van der Waals surface area contributed by atoms with Crippen molar-refractivity contribution in [1.29, 1.82) is 0 Å². The smallest absolute Gasteiger partial charge is 0.206 e. The SMILES string of the molecule is COc1ccc(S(=O)(=O)c2ccccc2)cc1-c1ccc(CN2CCCCC[C@@H]2c2ccccc2)[nH]1. The van der Waals surface area contributed by atoms with Gasteiger partial charge in [-0.2, -0.15) is 0 Å². The number of nitrogens with one attached hydrogen (secondary N) is 1. The van der Waals surface area contributed by atoms with E-state index in [0.717, 1.165) is 36.5 Å². The van der Waals surface area contributed by atoms with Crippen LogP contribution in [0.15, 0.2) is 101 Å². The maximum atomic E-state index is 13.2. The van der Waals surface area contributed by atoms with E-state index in [1.165, 1.54) is 24.8 Å². The van der Waals surface area contributed by atoms with Gasteiger partial charge in [0.15, 0.2) is 0 Å². The zero-order valence-corrected chi connectivity index (χ0v) is 21.4. The maximum absolute atomic E-state index is 13.2. The Bertz CT molecular complexity index is 1400. The molecule has 4 aromatic rings. The van der Waals surface area contributed by atoms with Gasteiger partial charge in [0.1, 0.15) is 5.75 Å². The first-order chi connectivity index (χ1) is 17.6. The van der Waals surface area contributed by atoms with Gasteiger partial charge in [0.2, 0.25) is 9.84 Å². The minimum atomic E-state index is -3.63. The summed E-state index contributed by atoms with van der Waals surface area (Å²) in [6, 6.07) is 28.8. The molecule has 1 aliphatic heterocycles. The fourth-order valence-corrected chi connectivity index (χ4v) is 6.43. The molecule has 3 aromatic carbocycles. The van der Waals surface area contributed by atoms with E-state index < -0.39 is 9.84 Å². The lowest BCUT2D eigenvalue weighted by Crippen LogP contribution is -2.28. The molecule has 1 aromatic heterocycles. The largest absolute Gasteiger partial charge is 0.496 e. The number of ether oxygens (including phenoxy) is 1. The quantitative estimate of drug-likeness (QED) is 0.309. The van der Waals surface area contributed by atoms with E-state index in [-0.39, 0.29) is 9.79 Å².